The van der Waals surface area contributed by atoms with Gasteiger partial charge in [-0.2, -0.15) is 0 Å². The fraction of sp³-hybridized carbons (Fsp3) is 0.500. The smallest absolute Gasteiger partial charge is 0.147 e. The van der Waals surface area contributed by atoms with Gasteiger partial charge in [0.25, 0.3) is 0 Å². The maximum Gasteiger partial charge on any atom is 0.147 e. The van der Waals surface area contributed by atoms with E-state index in [0.29, 0.717) is 18.5 Å². The number of hydrogen-bond donors (Lipinski definition) is 1. The molecule has 1 unspecified atom stereocenters. The first-order chi connectivity index (χ1) is 7.38. The zero-order valence-corrected chi connectivity index (χ0v) is 9.74. The molecule has 4 nitrogen and oxygen atoms in total. The minimum absolute atomic E-state index is 0.0330. The molecule has 0 aliphatic heterocycles. The van der Waals surface area contributed by atoms with Crippen molar-refractivity contribution in [1.82, 2.24) is 4.98 Å². The summed E-state index contributed by atoms with van der Waals surface area (Å²) < 4.78 is 34.2. The van der Waals surface area contributed by atoms with E-state index < -0.39 is 21.8 Å². The van der Waals surface area contributed by atoms with Crippen molar-refractivity contribution in [3.63, 3.8) is 0 Å². The Bertz CT molecular complexity index is 430. The molecule has 0 radical (unpaired) electrons. The molecule has 0 bridgehead atoms. The van der Waals surface area contributed by atoms with Crippen LogP contribution in [0.5, 0.6) is 0 Å². The molecule has 1 rings (SSSR count). The van der Waals surface area contributed by atoms with E-state index in [1.807, 2.05) is 0 Å². The highest BCUT2D eigenvalue weighted by Gasteiger charge is 2.10. The van der Waals surface area contributed by atoms with E-state index in [-0.39, 0.29) is 5.75 Å². The highest BCUT2D eigenvalue weighted by Crippen LogP contribution is 2.16. The molecule has 90 valence electrons. The Morgan fingerprint density at radius 2 is 2.19 bits per heavy atom. The number of halogens is 1. The average Bonchev–Trinajstić information content (AvgIpc) is 2.16. The molecule has 1 atom stereocenters. The van der Waals surface area contributed by atoms with Crippen LogP contribution in [0.15, 0.2) is 18.3 Å². The lowest BCUT2D eigenvalue weighted by Gasteiger charge is -2.08. The maximum absolute atomic E-state index is 12.5. The predicted molar refractivity (Wildman–Crippen MR) is 58.1 cm³/mol. The van der Waals surface area contributed by atoms with Crippen LogP contribution in [0.1, 0.15) is 24.6 Å². The fourth-order valence-corrected chi connectivity index (χ4v) is 1.96. The van der Waals surface area contributed by atoms with E-state index in [9.17, 15) is 17.9 Å². The standard InChI is InChI=1S/C10H14FNO3S/c1-16(14,15)6-2-3-10(13)9-5-4-8(11)7-12-9/h4-5,7,10,13H,2-3,6H2,1H3. The summed E-state index contributed by atoms with van der Waals surface area (Å²) in [5.74, 6) is -0.433. The lowest BCUT2D eigenvalue weighted by atomic mass is 10.1. The van der Waals surface area contributed by atoms with Crippen LogP contribution < -0.4 is 0 Å². The summed E-state index contributed by atoms with van der Waals surface area (Å²) in [6.07, 6.45) is 1.98. The van der Waals surface area contributed by atoms with Gasteiger partial charge in [-0.3, -0.25) is 4.98 Å². The molecule has 0 aliphatic rings. The second kappa shape index (κ2) is 5.36. The van der Waals surface area contributed by atoms with Gasteiger partial charge >= 0.3 is 0 Å². The van der Waals surface area contributed by atoms with E-state index in [2.05, 4.69) is 4.98 Å². The zero-order valence-electron chi connectivity index (χ0n) is 8.93. The second-order valence-corrected chi connectivity index (χ2v) is 5.95. The summed E-state index contributed by atoms with van der Waals surface area (Å²) in [5.41, 5.74) is 0.356. The molecular weight excluding hydrogens is 233 g/mol. The van der Waals surface area contributed by atoms with Gasteiger partial charge in [0.2, 0.25) is 0 Å². The third-order valence-electron chi connectivity index (χ3n) is 2.08. The van der Waals surface area contributed by atoms with Crippen LogP contribution in [0.2, 0.25) is 0 Å². The van der Waals surface area contributed by atoms with Gasteiger partial charge in [0.1, 0.15) is 15.7 Å². The van der Waals surface area contributed by atoms with Crippen molar-refractivity contribution in [2.75, 3.05) is 12.0 Å². The van der Waals surface area contributed by atoms with Gasteiger partial charge in [0, 0.05) is 12.0 Å². The Morgan fingerprint density at radius 1 is 1.50 bits per heavy atom. The average molecular weight is 247 g/mol. The SMILES string of the molecule is CS(=O)(=O)CCCC(O)c1ccc(F)cn1. The number of aliphatic hydroxyl groups is 1. The Morgan fingerprint density at radius 3 is 2.69 bits per heavy atom. The summed E-state index contributed by atoms with van der Waals surface area (Å²) in [6, 6.07) is 2.60. The van der Waals surface area contributed by atoms with E-state index in [4.69, 9.17) is 0 Å². The molecule has 6 heteroatoms. The summed E-state index contributed by atoms with van der Waals surface area (Å²) >= 11 is 0. The van der Waals surface area contributed by atoms with E-state index in [1.54, 1.807) is 0 Å². The first kappa shape index (κ1) is 13.1. The number of pyridine rings is 1. The largest absolute Gasteiger partial charge is 0.387 e. The van der Waals surface area contributed by atoms with Crippen LogP contribution in [0.4, 0.5) is 4.39 Å². The van der Waals surface area contributed by atoms with Gasteiger partial charge in [-0.1, -0.05) is 0 Å². The van der Waals surface area contributed by atoms with Crippen LogP contribution in [0, 0.1) is 5.82 Å². The first-order valence-corrected chi connectivity index (χ1v) is 6.92. The molecule has 1 aromatic rings. The molecule has 1 heterocycles. The zero-order chi connectivity index (χ0) is 12.2. The minimum atomic E-state index is -3.00. The molecule has 0 aliphatic carbocycles. The predicted octanol–water partition coefficient (Wildman–Crippen LogP) is 1.08. The Labute approximate surface area is 94.1 Å². The van der Waals surface area contributed by atoms with Crippen molar-refractivity contribution >= 4 is 9.84 Å². The number of aliphatic hydroxyl groups excluding tert-OH is 1. The summed E-state index contributed by atoms with van der Waals surface area (Å²) in [5, 5.41) is 9.63. The van der Waals surface area contributed by atoms with Crippen LogP contribution >= 0.6 is 0 Å². The van der Waals surface area contributed by atoms with E-state index in [0.717, 1.165) is 12.5 Å². The highest BCUT2D eigenvalue weighted by molar-refractivity contribution is 7.90. The van der Waals surface area contributed by atoms with Crippen molar-refractivity contribution < 1.29 is 17.9 Å². The lowest BCUT2D eigenvalue weighted by Crippen LogP contribution is -2.06. The van der Waals surface area contributed by atoms with Crippen LogP contribution in [0.25, 0.3) is 0 Å². The molecule has 0 saturated carbocycles. The summed E-state index contributed by atoms with van der Waals surface area (Å²) in [4.78, 5) is 3.72. The van der Waals surface area contributed by atoms with Gasteiger partial charge in [0.05, 0.1) is 18.0 Å². The Kier molecular flexibility index (Phi) is 4.37. The molecule has 0 saturated heterocycles. The molecule has 1 aromatic heterocycles. The maximum atomic E-state index is 12.5. The van der Waals surface area contributed by atoms with Gasteiger partial charge in [0.15, 0.2) is 0 Å². The van der Waals surface area contributed by atoms with Crippen molar-refractivity contribution in [2.24, 2.45) is 0 Å². The fourth-order valence-electron chi connectivity index (χ4n) is 1.27. The lowest BCUT2D eigenvalue weighted by molar-refractivity contribution is 0.162. The Hall–Kier alpha value is -1.01. The minimum Gasteiger partial charge on any atom is -0.387 e. The quantitative estimate of drug-likeness (QED) is 0.845. The number of rotatable bonds is 5. The van der Waals surface area contributed by atoms with Gasteiger partial charge < -0.3 is 5.11 Å². The molecule has 1 N–H and O–H groups in total. The summed E-state index contributed by atoms with van der Waals surface area (Å²) in [6.45, 7) is 0. The molecular formula is C10H14FNO3S. The number of nitrogens with zero attached hydrogens (tertiary/aromatic N) is 1. The third-order valence-corrected chi connectivity index (χ3v) is 3.11. The van der Waals surface area contributed by atoms with Gasteiger partial charge in [-0.05, 0) is 25.0 Å². The molecule has 0 spiro atoms. The molecule has 0 amide bonds. The topological polar surface area (TPSA) is 67.3 Å². The van der Waals surface area contributed by atoms with E-state index >= 15 is 0 Å². The number of sulfone groups is 1. The van der Waals surface area contributed by atoms with Crippen molar-refractivity contribution in [3.05, 3.63) is 29.8 Å². The molecule has 0 aromatic carbocycles. The molecule has 16 heavy (non-hydrogen) atoms. The van der Waals surface area contributed by atoms with Crippen LogP contribution in [0.3, 0.4) is 0 Å². The molecule has 0 fully saturated rings. The van der Waals surface area contributed by atoms with Gasteiger partial charge in [-0.15, -0.1) is 0 Å². The van der Waals surface area contributed by atoms with Crippen LogP contribution in [-0.4, -0.2) is 30.5 Å². The summed E-state index contributed by atoms with van der Waals surface area (Å²) in [7, 11) is -3.00. The third kappa shape index (κ3) is 4.67. The normalized spacial score (nSPS) is 13.7. The highest BCUT2D eigenvalue weighted by atomic mass is 32.2. The second-order valence-electron chi connectivity index (χ2n) is 3.69. The first-order valence-electron chi connectivity index (χ1n) is 4.86. The van der Waals surface area contributed by atoms with Crippen molar-refractivity contribution in [3.8, 4) is 0 Å². The van der Waals surface area contributed by atoms with Crippen LogP contribution in [-0.2, 0) is 9.84 Å². The number of hydrogen-bond acceptors (Lipinski definition) is 4. The van der Waals surface area contributed by atoms with Crippen molar-refractivity contribution in [1.29, 1.82) is 0 Å². The number of aromatic nitrogens is 1. The monoisotopic (exact) mass is 247 g/mol. The Balaban J connectivity index is 2.47. The van der Waals surface area contributed by atoms with Crippen molar-refractivity contribution in [2.45, 2.75) is 18.9 Å². The van der Waals surface area contributed by atoms with E-state index in [1.165, 1.54) is 12.1 Å². The van der Waals surface area contributed by atoms with Gasteiger partial charge in [-0.25, -0.2) is 12.8 Å².